The number of hydrogen-bond acceptors (Lipinski definition) is 2. The Morgan fingerprint density at radius 1 is 1.09 bits per heavy atom. The Labute approximate surface area is 143 Å². The van der Waals surface area contributed by atoms with Crippen LogP contribution >= 0.6 is 11.8 Å². The van der Waals surface area contributed by atoms with Crippen LogP contribution in [0.15, 0.2) is 53.4 Å². The van der Waals surface area contributed by atoms with Gasteiger partial charge in [-0.2, -0.15) is 0 Å². The minimum atomic E-state index is 0.0173. The summed E-state index contributed by atoms with van der Waals surface area (Å²) < 4.78 is 0. The molecule has 0 aliphatic carbocycles. The summed E-state index contributed by atoms with van der Waals surface area (Å²) in [5.41, 5.74) is 3.24. The van der Waals surface area contributed by atoms with Crippen molar-refractivity contribution in [3.8, 4) is 0 Å². The van der Waals surface area contributed by atoms with E-state index in [1.807, 2.05) is 43.0 Å². The second-order valence-corrected chi connectivity index (χ2v) is 7.01. The molecule has 2 nitrogen and oxygen atoms in total. The number of aryl methyl sites for hydroxylation is 1. The second-order valence-electron chi connectivity index (χ2n) is 5.96. The zero-order valence-electron chi connectivity index (χ0n) is 14.1. The molecule has 3 heteroatoms. The van der Waals surface area contributed by atoms with E-state index < -0.39 is 0 Å². The number of amides is 1. The van der Waals surface area contributed by atoms with Crippen molar-refractivity contribution in [1.82, 2.24) is 5.32 Å². The average Bonchev–Trinajstić information content (AvgIpc) is 2.55. The predicted octanol–water partition coefficient (Wildman–Crippen LogP) is 5.21. The van der Waals surface area contributed by atoms with Crippen LogP contribution in [0.1, 0.15) is 48.2 Å². The third kappa shape index (κ3) is 5.76. The van der Waals surface area contributed by atoms with Crippen molar-refractivity contribution < 1.29 is 4.79 Å². The van der Waals surface area contributed by atoms with E-state index in [2.05, 4.69) is 43.4 Å². The monoisotopic (exact) mass is 327 g/mol. The first-order valence-electron chi connectivity index (χ1n) is 8.17. The van der Waals surface area contributed by atoms with E-state index >= 15 is 0 Å². The summed E-state index contributed by atoms with van der Waals surface area (Å²) in [5.74, 6) is 0.931. The van der Waals surface area contributed by atoms with Gasteiger partial charge in [0.05, 0.1) is 0 Å². The van der Waals surface area contributed by atoms with E-state index in [9.17, 15) is 4.79 Å². The van der Waals surface area contributed by atoms with Gasteiger partial charge in [-0.15, -0.1) is 11.8 Å². The molecule has 0 saturated carbocycles. The van der Waals surface area contributed by atoms with Gasteiger partial charge in [-0.3, -0.25) is 4.79 Å². The van der Waals surface area contributed by atoms with Crippen LogP contribution in [-0.4, -0.2) is 11.9 Å². The first-order chi connectivity index (χ1) is 11.1. The van der Waals surface area contributed by atoms with Gasteiger partial charge in [0, 0.05) is 22.3 Å². The summed E-state index contributed by atoms with van der Waals surface area (Å²) in [4.78, 5) is 13.4. The molecule has 2 aromatic rings. The Hall–Kier alpha value is -1.74. The summed E-state index contributed by atoms with van der Waals surface area (Å²) in [6.45, 7) is 6.27. The number of thioether (sulfide) groups is 1. The van der Waals surface area contributed by atoms with E-state index in [1.165, 1.54) is 16.0 Å². The lowest BCUT2D eigenvalue weighted by Crippen LogP contribution is -2.32. The van der Waals surface area contributed by atoms with E-state index in [0.29, 0.717) is 0 Å². The largest absolute Gasteiger partial charge is 0.350 e. The molecule has 0 aliphatic rings. The fraction of sp³-hybridized carbons (Fsp3) is 0.350. The van der Waals surface area contributed by atoms with Gasteiger partial charge in [-0.25, -0.2) is 0 Å². The average molecular weight is 327 g/mol. The van der Waals surface area contributed by atoms with Crippen LogP contribution in [0, 0.1) is 6.92 Å². The minimum absolute atomic E-state index is 0.0173. The summed E-state index contributed by atoms with van der Waals surface area (Å²) >= 11 is 1.81. The molecule has 1 amide bonds. The molecule has 1 atom stereocenters. The molecule has 122 valence electrons. The van der Waals surface area contributed by atoms with Crippen LogP contribution in [0.3, 0.4) is 0 Å². The molecule has 0 saturated heterocycles. The smallest absolute Gasteiger partial charge is 0.251 e. The Balaban J connectivity index is 1.88. The zero-order chi connectivity index (χ0) is 16.7. The van der Waals surface area contributed by atoms with Gasteiger partial charge in [0.2, 0.25) is 0 Å². The first kappa shape index (κ1) is 17.6. The van der Waals surface area contributed by atoms with Gasteiger partial charge >= 0.3 is 0 Å². The fourth-order valence-corrected chi connectivity index (χ4v) is 3.22. The third-order valence-electron chi connectivity index (χ3n) is 3.74. The lowest BCUT2D eigenvalue weighted by molar-refractivity contribution is 0.0938. The van der Waals surface area contributed by atoms with E-state index in [4.69, 9.17) is 0 Å². The summed E-state index contributed by atoms with van der Waals surface area (Å²) in [6.07, 6.45) is 2.09. The standard InChI is InChI=1S/C20H25NOS/c1-4-5-16(3)21-20(22)18-10-8-17(9-11-18)14-23-19-12-6-15(2)7-13-19/h6-13,16H,4-5,14H2,1-3H3,(H,21,22)/t16-/m0/s1. The highest BCUT2D eigenvalue weighted by atomic mass is 32.2. The molecule has 0 heterocycles. The number of nitrogens with one attached hydrogen (secondary N) is 1. The van der Waals surface area contributed by atoms with Gasteiger partial charge in [-0.05, 0) is 50.1 Å². The van der Waals surface area contributed by atoms with E-state index in [0.717, 1.165) is 24.2 Å². The molecular weight excluding hydrogens is 302 g/mol. The van der Waals surface area contributed by atoms with Gasteiger partial charge in [0.25, 0.3) is 5.91 Å². The predicted molar refractivity (Wildman–Crippen MR) is 99.0 cm³/mol. The third-order valence-corrected chi connectivity index (χ3v) is 4.82. The highest BCUT2D eigenvalue weighted by Gasteiger charge is 2.09. The second kappa shape index (κ2) is 8.78. The maximum absolute atomic E-state index is 12.1. The Morgan fingerprint density at radius 2 is 1.74 bits per heavy atom. The summed E-state index contributed by atoms with van der Waals surface area (Å²) in [7, 11) is 0. The number of carbonyl (C=O) groups excluding carboxylic acids is 1. The molecule has 0 aromatic heterocycles. The number of rotatable bonds is 7. The topological polar surface area (TPSA) is 29.1 Å². The Kier molecular flexibility index (Phi) is 6.72. The van der Waals surface area contributed by atoms with Crippen LogP contribution in [0.5, 0.6) is 0 Å². The summed E-state index contributed by atoms with van der Waals surface area (Å²) in [5, 5.41) is 3.04. The Bertz CT molecular complexity index is 619. The molecule has 23 heavy (non-hydrogen) atoms. The van der Waals surface area contributed by atoms with Crippen molar-refractivity contribution in [3.05, 3.63) is 65.2 Å². The van der Waals surface area contributed by atoms with E-state index in [1.54, 1.807) is 0 Å². The highest BCUT2D eigenvalue weighted by Crippen LogP contribution is 2.23. The molecule has 1 N–H and O–H groups in total. The van der Waals surface area contributed by atoms with Crippen molar-refractivity contribution in [1.29, 1.82) is 0 Å². The van der Waals surface area contributed by atoms with Crippen molar-refractivity contribution in [3.63, 3.8) is 0 Å². The molecule has 0 aliphatic heterocycles. The molecule has 2 rings (SSSR count). The molecule has 0 radical (unpaired) electrons. The fourth-order valence-electron chi connectivity index (χ4n) is 2.37. The molecular formula is C20H25NOS. The van der Waals surface area contributed by atoms with Crippen LogP contribution in [0.4, 0.5) is 0 Å². The van der Waals surface area contributed by atoms with Crippen LogP contribution in [-0.2, 0) is 5.75 Å². The van der Waals surface area contributed by atoms with Crippen molar-refractivity contribution in [2.24, 2.45) is 0 Å². The van der Waals surface area contributed by atoms with Gasteiger partial charge < -0.3 is 5.32 Å². The van der Waals surface area contributed by atoms with Crippen LogP contribution < -0.4 is 5.32 Å². The summed E-state index contributed by atoms with van der Waals surface area (Å²) in [6, 6.07) is 16.7. The number of benzene rings is 2. The Morgan fingerprint density at radius 3 is 2.35 bits per heavy atom. The lowest BCUT2D eigenvalue weighted by atomic mass is 10.1. The van der Waals surface area contributed by atoms with Crippen molar-refractivity contribution in [2.75, 3.05) is 0 Å². The number of hydrogen-bond donors (Lipinski definition) is 1. The highest BCUT2D eigenvalue weighted by molar-refractivity contribution is 7.98. The number of carbonyl (C=O) groups is 1. The maximum Gasteiger partial charge on any atom is 0.251 e. The first-order valence-corrected chi connectivity index (χ1v) is 9.16. The van der Waals surface area contributed by atoms with Gasteiger partial charge in [0.15, 0.2) is 0 Å². The van der Waals surface area contributed by atoms with Crippen molar-refractivity contribution in [2.45, 2.75) is 50.3 Å². The van der Waals surface area contributed by atoms with Gasteiger partial charge in [-0.1, -0.05) is 43.2 Å². The van der Waals surface area contributed by atoms with Crippen LogP contribution in [0.25, 0.3) is 0 Å². The molecule has 2 aromatic carbocycles. The normalized spacial score (nSPS) is 12.0. The maximum atomic E-state index is 12.1. The molecule has 0 unspecified atom stereocenters. The van der Waals surface area contributed by atoms with Gasteiger partial charge in [0.1, 0.15) is 0 Å². The molecule has 0 bridgehead atoms. The molecule has 0 fully saturated rings. The van der Waals surface area contributed by atoms with Crippen LogP contribution in [0.2, 0.25) is 0 Å². The molecule has 0 spiro atoms. The van der Waals surface area contributed by atoms with E-state index in [-0.39, 0.29) is 11.9 Å². The lowest BCUT2D eigenvalue weighted by Gasteiger charge is -2.13. The SMILES string of the molecule is CCC[C@H](C)NC(=O)c1ccc(CSc2ccc(C)cc2)cc1. The zero-order valence-corrected chi connectivity index (χ0v) is 15.0. The quantitative estimate of drug-likeness (QED) is 0.708. The minimum Gasteiger partial charge on any atom is -0.350 e. The van der Waals surface area contributed by atoms with Crippen molar-refractivity contribution >= 4 is 17.7 Å².